The summed E-state index contributed by atoms with van der Waals surface area (Å²) in [6.07, 6.45) is 6.82. The molecule has 0 spiro atoms. The summed E-state index contributed by atoms with van der Waals surface area (Å²) >= 11 is 0. The summed E-state index contributed by atoms with van der Waals surface area (Å²) in [4.78, 5) is 12.7. The number of hydrogen-bond donors (Lipinski definition) is 2. The van der Waals surface area contributed by atoms with Crippen LogP contribution in [0.15, 0.2) is 48.7 Å². The second kappa shape index (κ2) is 8.19. The van der Waals surface area contributed by atoms with Crippen molar-refractivity contribution in [3.63, 3.8) is 0 Å². The second-order valence-electron chi connectivity index (χ2n) is 9.99. The second-order valence-corrected chi connectivity index (χ2v) is 9.99. The summed E-state index contributed by atoms with van der Waals surface area (Å²) in [7, 11) is 0. The van der Waals surface area contributed by atoms with Gasteiger partial charge in [0.1, 0.15) is 17.5 Å². The monoisotopic (exact) mass is 458 g/mol. The lowest BCUT2D eigenvalue weighted by atomic mass is 9.62. The van der Waals surface area contributed by atoms with Gasteiger partial charge in [-0.1, -0.05) is 31.2 Å². The highest BCUT2D eigenvalue weighted by molar-refractivity contribution is 5.94. The first-order valence-corrected chi connectivity index (χ1v) is 12.2. The molecule has 2 aromatic carbocycles. The molecule has 0 unspecified atom stereocenters. The van der Waals surface area contributed by atoms with Crippen molar-refractivity contribution in [3.8, 4) is 22.6 Å². The molecular weight excluding hydrogens is 430 g/mol. The molecule has 2 aromatic heterocycles. The summed E-state index contributed by atoms with van der Waals surface area (Å²) in [5.74, 6) is 1.97. The molecule has 6 heteroatoms. The molecule has 0 radical (unpaired) electrons. The Labute approximate surface area is 197 Å². The van der Waals surface area contributed by atoms with Crippen LogP contribution in [-0.4, -0.2) is 21.0 Å². The van der Waals surface area contributed by atoms with Gasteiger partial charge in [0.25, 0.3) is 0 Å². The van der Waals surface area contributed by atoms with Crippen LogP contribution in [0.2, 0.25) is 0 Å². The predicted molar refractivity (Wildman–Crippen MR) is 131 cm³/mol. The molecule has 174 valence electrons. The first-order chi connectivity index (χ1) is 16.5. The van der Waals surface area contributed by atoms with E-state index in [1.807, 2.05) is 24.3 Å². The number of rotatable bonds is 4. The highest BCUT2D eigenvalue weighted by atomic mass is 19.1. The van der Waals surface area contributed by atoms with Gasteiger partial charge in [0.2, 0.25) is 0 Å². The Bertz CT molecular complexity index is 1370. The van der Waals surface area contributed by atoms with Gasteiger partial charge in [-0.2, -0.15) is 0 Å². The van der Waals surface area contributed by atoms with E-state index in [1.54, 1.807) is 6.20 Å². The van der Waals surface area contributed by atoms with Crippen molar-refractivity contribution in [2.45, 2.75) is 45.6 Å². The van der Waals surface area contributed by atoms with E-state index >= 15 is 0 Å². The topological polar surface area (TPSA) is 53.6 Å². The van der Waals surface area contributed by atoms with E-state index < -0.39 is 11.6 Å². The highest BCUT2D eigenvalue weighted by Crippen LogP contribution is 2.46. The van der Waals surface area contributed by atoms with Gasteiger partial charge >= 0.3 is 0 Å². The Hall–Kier alpha value is -3.28. The minimum atomic E-state index is -0.623. The molecule has 3 aliphatic carbocycles. The van der Waals surface area contributed by atoms with Gasteiger partial charge in [-0.05, 0) is 62.0 Å². The van der Waals surface area contributed by atoms with Gasteiger partial charge in [-0.3, -0.25) is 0 Å². The molecule has 3 fully saturated rings. The fraction of sp³-hybridized carbons (Fsp3) is 0.357. The van der Waals surface area contributed by atoms with E-state index in [-0.39, 0.29) is 5.52 Å². The molecule has 4 nitrogen and oxygen atoms in total. The zero-order valence-corrected chi connectivity index (χ0v) is 19.4. The Morgan fingerprint density at radius 3 is 2.47 bits per heavy atom. The summed E-state index contributed by atoms with van der Waals surface area (Å²) in [5.41, 5.74) is 3.77. The van der Waals surface area contributed by atoms with Gasteiger partial charge in [0.05, 0.1) is 11.2 Å². The molecule has 0 saturated heterocycles. The number of aryl methyl sites for hydroxylation is 1. The fourth-order valence-electron chi connectivity index (χ4n) is 6.15. The molecule has 0 aliphatic heterocycles. The van der Waals surface area contributed by atoms with Crippen molar-refractivity contribution < 1.29 is 8.78 Å². The number of aromatic nitrogens is 3. The predicted octanol–water partition coefficient (Wildman–Crippen LogP) is 7.12. The van der Waals surface area contributed by atoms with E-state index in [4.69, 9.17) is 9.97 Å². The van der Waals surface area contributed by atoms with Crippen molar-refractivity contribution in [2.24, 2.45) is 17.8 Å². The van der Waals surface area contributed by atoms with Gasteiger partial charge in [-0.25, -0.2) is 18.7 Å². The molecule has 3 aliphatic rings. The number of fused-ring (bicyclic) bond motifs is 4. The van der Waals surface area contributed by atoms with Crippen LogP contribution in [0.1, 0.15) is 38.2 Å². The number of hydrogen-bond acceptors (Lipinski definition) is 3. The van der Waals surface area contributed by atoms with Crippen molar-refractivity contribution in [1.82, 2.24) is 15.0 Å². The van der Waals surface area contributed by atoms with Gasteiger partial charge in [-0.15, -0.1) is 0 Å². The van der Waals surface area contributed by atoms with Crippen LogP contribution < -0.4 is 5.32 Å². The van der Waals surface area contributed by atoms with Gasteiger partial charge < -0.3 is 10.3 Å². The number of benzene rings is 2. The first-order valence-electron chi connectivity index (χ1n) is 12.2. The van der Waals surface area contributed by atoms with Crippen molar-refractivity contribution in [2.75, 3.05) is 5.32 Å². The molecule has 3 saturated carbocycles. The molecule has 4 aromatic rings. The average molecular weight is 459 g/mol. The molecule has 2 N–H and O–H groups in total. The van der Waals surface area contributed by atoms with Crippen LogP contribution in [0.25, 0.3) is 33.5 Å². The smallest absolute Gasteiger partial charge is 0.164 e. The maximum atomic E-state index is 14.4. The number of nitrogens with zero attached hydrogens (tertiary/aromatic N) is 2. The zero-order chi connectivity index (χ0) is 23.4. The molecule has 2 atom stereocenters. The lowest BCUT2D eigenvalue weighted by Gasteiger charge is -2.47. The van der Waals surface area contributed by atoms with Crippen molar-refractivity contribution in [3.05, 3.63) is 65.9 Å². The minimum absolute atomic E-state index is 0.258. The number of nitrogens with one attached hydrogen (secondary N) is 2. The maximum absolute atomic E-state index is 14.4. The Balaban J connectivity index is 1.48. The van der Waals surface area contributed by atoms with E-state index in [0.717, 1.165) is 34.6 Å². The molecular formula is C28H28F2N4. The van der Waals surface area contributed by atoms with E-state index in [9.17, 15) is 8.78 Å². The number of halogens is 2. The van der Waals surface area contributed by atoms with Gasteiger partial charge in [0.15, 0.2) is 5.82 Å². The summed E-state index contributed by atoms with van der Waals surface area (Å²) in [6, 6.07) is 12.7. The van der Waals surface area contributed by atoms with E-state index in [0.29, 0.717) is 34.7 Å². The van der Waals surface area contributed by atoms with Crippen LogP contribution in [0.3, 0.4) is 0 Å². The van der Waals surface area contributed by atoms with E-state index in [2.05, 4.69) is 30.2 Å². The zero-order valence-electron chi connectivity index (χ0n) is 19.4. The molecule has 34 heavy (non-hydrogen) atoms. The average Bonchev–Trinajstić information content (AvgIpc) is 3.26. The molecule has 7 rings (SSSR count). The third-order valence-corrected chi connectivity index (χ3v) is 8.04. The lowest BCUT2D eigenvalue weighted by Crippen LogP contribution is -2.47. The molecule has 0 amide bonds. The molecule has 2 bridgehead atoms. The van der Waals surface area contributed by atoms with Crippen LogP contribution in [-0.2, 0) is 0 Å². The summed E-state index contributed by atoms with van der Waals surface area (Å²) in [6.45, 7) is 4.41. The first kappa shape index (κ1) is 21.3. The van der Waals surface area contributed by atoms with Crippen LogP contribution in [0, 0.1) is 36.3 Å². The third kappa shape index (κ3) is 3.56. The summed E-state index contributed by atoms with van der Waals surface area (Å²) in [5, 5.41) is 4.20. The van der Waals surface area contributed by atoms with Crippen LogP contribution in [0.5, 0.6) is 0 Å². The normalized spacial score (nSPS) is 24.0. The van der Waals surface area contributed by atoms with Crippen LogP contribution in [0.4, 0.5) is 14.6 Å². The Morgan fingerprint density at radius 1 is 0.941 bits per heavy atom. The largest absolute Gasteiger partial charge is 0.367 e. The maximum Gasteiger partial charge on any atom is 0.164 e. The number of aromatic amines is 1. The number of anilines is 1. The van der Waals surface area contributed by atoms with Crippen molar-refractivity contribution in [1.29, 1.82) is 0 Å². The van der Waals surface area contributed by atoms with Crippen molar-refractivity contribution >= 4 is 16.7 Å². The Kier molecular flexibility index (Phi) is 5.12. The standard InChI is InChI=1S/C28H28F2N4/c1-15-5-3-4-6-20(15)24-13-25(33-26-16(2)17-7-9-18(26)10-8-17)34-28(32-24)22-14-31-27-21(22)11-19(29)12-23(27)30/h3-6,11-14,16-18,26,31H,7-10H2,1-2H3,(H,32,33,34)/t16-,17?,18?,26+/m1/s1. The fourth-order valence-corrected chi connectivity index (χ4v) is 6.15. The van der Waals surface area contributed by atoms with Crippen LogP contribution >= 0.6 is 0 Å². The van der Waals surface area contributed by atoms with Gasteiger partial charge in [0, 0.05) is 40.9 Å². The Morgan fingerprint density at radius 2 is 1.71 bits per heavy atom. The SMILES string of the molecule is Cc1ccccc1-c1cc(N[C@@H]2C3CCC(CC3)[C@H]2C)nc(-c2c[nH]c3c(F)cc(F)cc23)n1. The lowest BCUT2D eigenvalue weighted by molar-refractivity contribution is 0.0928. The third-order valence-electron chi connectivity index (χ3n) is 8.04. The quantitative estimate of drug-likeness (QED) is 0.342. The minimum Gasteiger partial charge on any atom is -0.367 e. The number of H-pyrrole nitrogens is 1. The van der Waals surface area contributed by atoms with E-state index in [1.165, 1.54) is 31.7 Å². The summed E-state index contributed by atoms with van der Waals surface area (Å²) < 4.78 is 28.4. The molecule has 2 heterocycles. The highest BCUT2D eigenvalue weighted by Gasteiger charge is 2.41.